The zero-order valence-corrected chi connectivity index (χ0v) is 9.05. The van der Waals surface area contributed by atoms with Crippen molar-refractivity contribution < 1.29 is 4.79 Å². The first-order valence-corrected chi connectivity index (χ1v) is 4.92. The molecule has 0 spiro atoms. The summed E-state index contributed by atoms with van der Waals surface area (Å²) in [7, 11) is 1.82. The second-order valence-electron chi connectivity index (χ2n) is 4.68. The van der Waals surface area contributed by atoms with Crippen LogP contribution in [0.2, 0.25) is 0 Å². The first-order chi connectivity index (χ1) is 5.96. The van der Waals surface area contributed by atoms with Gasteiger partial charge < -0.3 is 10.2 Å². The van der Waals surface area contributed by atoms with Crippen LogP contribution in [0.4, 0.5) is 0 Å². The lowest BCUT2D eigenvalue weighted by Gasteiger charge is -2.22. The largest absolute Gasteiger partial charge is 0.341 e. The third-order valence-corrected chi connectivity index (χ3v) is 2.79. The molecule has 76 valence electrons. The Balaban J connectivity index is 2.51. The van der Waals surface area contributed by atoms with Gasteiger partial charge in [0.15, 0.2) is 0 Å². The number of amides is 1. The first-order valence-electron chi connectivity index (χ1n) is 4.92. The summed E-state index contributed by atoms with van der Waals surface area (Å²) >= 11 is 0. The maximum atomic E-state index is 11.7. The predicted octanol–water partition coefficient (Wildman–Crippen LogP) is 0.853. The van der Waals surface area contributed by atoms with Gasteiger partial charge in [-0.25, -0.2) is 0 Å². The Bertz CT molecular complexity index is 201. The van der Waals surface area contributed by atoms with E-state index in [0.29, 0.717) is 5.41 Å². The lowest BCUT2D eigenvalue weighted by molar-refractivity contribution is -0.132. The number of carbonyl (C=O) groups excluding carboxylic acids is 1. The molecule has 1 aliphatic rings. The van der Waals surface area contributed by atoms with E-state index in [4.69, 9.17) is 0 Å². The van der Waals surface area contributed by atoms with Gasteiger partial charge in [-0.2, -0.15) is 0 Å². The fraction of sp³-hybridized carbons (Fsp3) is 0.900. The number of rotatable bonds is 2. The number of nitrogens with one attached hydrogen (secondary N) is 1. The van der Waals surface area contributed by atoms with Crippen LogP contribution in [0, 0.1) is 5.41 Å². The molecule has 0 radical (unpaired) electrons. The molecule has 1 aliphatic heterocycles. The summed E-state index contributed by atoms with van der Waals surface area (Å²) in [6.07, 6.45) is 1.12. The van der Waals surface area contributed by atoms with E-state index < -0.39 is 0 Å². The highest BCUT2D eigenvalue weighted by Gasteiger charge is 2.33. The number of hydrogen-bond acceptors (Lipinski definition) is 2. The SMILES string of the molecule is CN[C@@H](C)C(=O)N1CCC(C)(C)C1. The van der Waals surface area contributed by atoms with E-state index in [0.717, 1.165) is 19.5 Å². The molecule has 1 heterocycles. The van der Waals surface area contributed by atoms with Gasteiger partial charge in [0, 0.05) is 13.1 Å². The van der Waals surface area contributed by atoms with Gasteiger partial charge in [-0.05, 0) is 25.8 Å². The van der Waals surface area contributed by atoms with E-state index in [1.807, 2.05) is 18.9 Å². The van der Waals surface area contributed by atoms with Crippen LogP contribution in [0.15, 0.2) is 0 Å². The molecule has 3 nitrogen and oxygen atoms in total. The van der Waals surface area contributed by atoms with E-state index in [9.17, 15) is 4.79 Å². The highest BCUT2D eigenvalue weighted by atomic mass is 16.2. The molecule has 13 heavy (non-hydrogen) atoms. The average Bonchev–Trinajstić information content (AvgIpc) is 2.43. The van der Waals surface area contributed by atoms with Crippen LogP contribution < -0.4 is 5.32 Å². The fourth-order valence-corrected chi connectivity index (χ4v) is 1.70. The van der Waals surface area contributed by atoms with Gasteiger partial charge >= 0.3 is 0 Å². The van der Waals surface area contributed by atoms with E-state index in [-0.39, 0.29) is 11.9 Å². The summed E-state index contributed by atoms with van der Waals surface area (Å²) in [6.45, 7) is 8.15. The van der Waals surface area contributed by atoms with Crippen LogP contribution in [-0.4, -0.2) is 37.0 Å². The van der Waals surface area contributed by atoms with Crippen molar-refractivity contribution in [3.05, 3.63) is 0 Å². The van der Waals surface area contributed by atoms with Crippen molar-refractivity contribution in [1.29, 1.82) is 0 Å². The van der Waals surface area contributed by atoms with E-state index >= 15 is 0 Å². The second kappa shape index (κ2) is 3.66. The van der Waals surface area contributed by atoms with Crippen molar-refractivity contribution >= 4 is 5.91 Å². The number of likely N-dealkylation sites (N-methyl/N-ethyl adjacent to an activating group) is 1. The zero-order chi connectivity index (χ0) is 10.1. The Morgan fingerprint density at radius 2 is 2.15 bits per heavy atom. The summed E-state index contributed by atoms with van der Waals surface area (Å²) < 4.78 is 0. The van der Waals surface area contributed by atoms with Gasteiger partial charge in [0.25, 0.3) is 0 Å². The van der Waals surface area contributed by atoms with Crippen molar-refractivity contribution in [2.24, 2.45) is 5.41 Å². The quantitative estimate of drug-likeness (QED) is 0.690. The Morgan fingerprint density at radius 1 is 1.54 bits per heavy atom. The minimum Gasteiger partial charge on any atom is -0.341 e. The minimum atomic E-state index is -0.0473. The number of nitrogens with zero attached hydrogens (tertiary/aromatic N) is 1. The molecule has 0 saturated carbocycles. The van der Waals surface area contributed by atoms with E-state index in [1.165, 1.54) is 0 Å². The molecule has 0 unspecified atom stereocenters. The van der Waals surface area contributed by atoms with Gasteiger partial charge in [0.2, 0.25) is 5.91 Å². The monoisotopic (exact) mass is 184 g/mol. The van der Waals surface area contributed by atoms with Gasteiger partial charge in [0.05, 0.1) is 6.04 Å². The molecule has 0 aromatic heterocycles. The lowest BCUT2D eigenvalue weighted by Crippen LogP contribution is -2.42. The molecule has 0 bridgehead atoms. The van der Waals surface area contributed by atoms with Crippen LogP contribution in [0.25, 0.3) is 0 Å². The smallest absolute Gasteiger partial charge is 0.239 e. The molecule has 0 aromatic carbocycles. The molecule has 1 saturated heterocycles. The lowest BCUT2D eigenvalue weighted by atomic mass is 9.93. The van der Waals surface area contributed by atoms with Gasteiger partial charge in [0.1, 0.15) is 0 Å². The normalized spacial score (nSPS) is 23.2. The summed E-state index contributed by atoms with van der Waals surface area (Å²) in [4.78, 5) is 13.7. The molecule has 1 rings (SSSR count). The average molecular weight is 184 g/mol. The molecular formula is C10H20N2O. The molecule has 1 N–H and O–H groups in total. The highest BCUT2D eigenvalue weighted by molar-refractivity contribution is 5.81. The van der Waals surface area contributed by atoms with Crippen LogP contribution in [0.3, 0.4) is 0 Å². The molecule has 1 fully saturated rings. The topological polar surface area (TPSA) is 32.3 Å². The Morgan fingerprint density at radius 3 is 2.54 bits per heavy atom. The van der Waals surface area contributed by atoms with E-state index in [2.05, 4.69) is 19.2 Å². The molecule has 3 heteroatoms. The van der Waals surface area contributed by atoms with Gasteiger partial charge in [-0.1, -0.05) is 13.8 Å². The highest BCUT2D eigenvalue weighted by Crippen LogP contribution is 2.28. The summed E-state index contributed by atoms with van der Waals surface area (Å²) in [6, 6.07) is -0.0473. The van der Waals surface area contributed by atoms with Crippen molar-refractivity contribution in [2.45, 2.75) is 33.2 Å². The maximum absolute atomic E-state index is 11.7. The second-order valence-corrected chi connectivity index (χ2v) is 4.68. The summed E-state index contributed by atoms with van der Waals surface area (Å²) in [5, 5.41) is 2.98. The third kappa shape index (κ3) is 2.44. The first kappa shape index (κ1) is 10.5. The molecular weight excluding hydrogens is 164 g/mol. The summed E-state index contributed by atoms with van der Waals surface area (Å²) in [5.41, 5.74) is 0.309. The zero-order valence-electron chi connectivity index (χ0n) is 9.05. The molecule has 0 aliphatic carbocycles. The summed E-state index contributed by atoms with van der Waals surface area (Å²) in [5.74, 6) is 0.230. The Kier molecular flexibility index (Phi) is 2.96. The van der Waals surface area contributed by atoms with Crippen LogP contribution in [0.1, 0.15) is 27.2 Å². The van der Waals surface area contributed by atoms with Crippen LogP contribution >= 0.6 is 0 Å². The number of carbonyl (C=O) groups is 1. The van der Waals surface area contributed by atoms with Gasteiger partial charge in [-0.15, -0.1) is 0 Å². The van der Waals surface area contributed by atoms with Crippen molar-refractivity contribution in [3.8, 4) is 0 Å². The number of hydrogen-bond donors (Lipinski definition) is 1. The standard InChI is InChI=1S/C10H20N2O/c1-8(11-4)9(13)12-6-5-10(2,3)7-12/h8,11H,5-7H2,1-4H3/t8-/m0/s1. The van der Waals surface area contributed by atoms with E-state index in [1.54, 1.807) is 0 Å². The maximum Gasteiger partial charge on any atom is 0.239 e. The third-order valence-electron chi connectivity index (χ3n) is 2.79. The van der Waals surface area contributed by atoms with Crippen LogP contribution in [0.5, 0.6) is 0 Å². The number of likely N-dealkylation sites (tertiary alicyclic amines) is 1. The van der Waals surface area contributed by atoms with Crippen molar-refractivity contribution in [1.82, 2.24) is 10.2 Å². The van der Waals surface area contributed by atoms with Gasteiger partial charge in [-0.3, -0.25) is 4.79 Å². The van der Waals surface area contributed by atoms with Crippen molar-refractivity contribution in [3.63, 3.8) is 0 Å². The Labute approximate surface area is 80.5 Å². The molecule has 1 amide bonds. The Hall–Kier alpha value is -0.570. The van der Waals surface area contributed by atoms with Crippen molar-refractivity contribution in [2.75, 3.05) is 20.1 Å². The van der Waals surface area contributed by atoms with Crippen LogP contribution in [-0.2, 0) is 4.79 Å². The minimum absolute atomic E-state index is 0.0473. The fourth-order valence-electron chi connectivity index (χ4n) is 1.70. The molecule has 0 aromatic rings. The molecule has 1 atom stereocenters. The predicted molar refractivity (Wildman–Crippen MR) is 53.5 cm³/mol.